The molecule has 0 bridgehead atoms. The van der Waals surface area contributed by atoms with Gasteiger partial charge in [-0.1, -0.05) is 34.6 Å². The zero-order valence-electron chi connectivity index (χ0n) is 11.9. The van der Waals surface area contributed by atoms with Gasteiger partial charge in [0.05, 0.1) is 5.60 Å². The lowest BCUT2D eigenvalue weighted by Gasteiger charge is -2.33. The molecule has 1 heterocycles. The van der Waals surface area contributed by atoms with Crippen molar-refractivity contribution in [2.45, 2.75) is 53.6 Å². The van der Waals surface area contributed by atoms with Gasteiger partial charge in [0.1, 0.15) is 0 Å². The molecule has 1 N–H and O–H groups in total. The molecule has 2 atom stereocenters. The predicted octanol–water partition coefficient (Wildman–Crippen LogP) is 2.76. The molecule has 1 rings (SSSR count). The van der Waals surface area contributed by atoms with Gasteiger partial charge in [-0.3, -0.25) is 0 Å². The molecule has 0 radical (unpaired) electrons. The second-order valence-electron chi connectivity index (χ2n) is 7.10. The third kappa shape index (κ3) is 3.46. The van der Waals surface area contributed by atoms with Crippen LogP contribution in [0.4, 0.5) is 0 Å². The maximum atomic E-state index is 10.3. The Balaban J connectivity index is 2.49. The Morgan fingerprint density at radius 3 is 2.19 bits per heavy atom. The van der Waals surface area contributed by atoms with Crippen LogP contribution in [0.25, 0.3) is 0 Å². The van der Waals surface area contributed by atoms with E-state index in [0.717, 1.165) is 25.6 Å². The van der Waals surface area contributed by atoms with Crippen molar-refractivity contribution < 1.29 is 5.11 Å². The Hall–Kier alpha value is -0.0800. The molecule has 0 aromatic heterocycles. The minimum atomic E-state index is -0.549. The molecule has 1 aliphatic rings. The van der Waals surface area contributed by atoms with Crippen molar-refractivity contribution in [1.29, 1.82) is 0 Å². The van der Waals surface area contributed by atoms with Crippen molar-refractivity contribution in [3.05, 3.63) is 0 Å². The zero-order valence-corrected chi connectivity index (χ0v) is 11.9. The first-order chi connectivity index (χ1) is 7.13. The molecular formula is C14H29NO. The van der Waals surface area contributed by atoms with Gasteiger partial charge in [-0.15, -0.1) is 0 Å². The number of hydrogen-bond donors (Lipinski definition) is 1. The molecule has 16 heavy (non-hydrogen) atoms. The van der Waals surface area contributed by atoms with E-state index in [1.54, 1.807) is 0 Å². The highest BCUT2D eigenvalue weighted by molar-refractivity contribution is 4.88. The standard InChI is InChI=1S/C14H29NO/c1-11(2)14(6,16)10-15-8-7-12(9-15)13(3,4)5/h11-12,16H,7-10H2,1-6H3. The summed E-state index contributed by atoms with van der Waals surface area (Å²) in [5, 5.41) is 10.3. The quantitative estimate of drug-likeness (QED) is 0.801. The fourth-order valence-corrected chi connectivity index (χ4v) is 2.32. The molecule has 0 aliphatic carbocycles. The first-order valence-electron chi connectivity index (χ1n) is 6.57. The molecule has 0 spiro atoms. The van der Waals surface area contributed by atoms with Gasteiger partial charge in [0.2, 0.25) is 0 Å². The molecule has 2 heteroatoms. The molecular weight excluding hydrogens is 198 g/mol. The van der Waals surface area contributed by atoms with Gasteiger partial charge in [-0.05, 0) is 37.1 Å². The van der Waals surface area contributed by atoms with Gasteiger partial charge in [0, 0.05) is 13.1 Å². The lowest BCUT2D eigenvalue weighted by molar-refractivity contribution is -0.0153. The SMILES string of the molecule is CC(C)C(C)(O)CN1CCC(C(C)(C)C)C1. The molecule has 0 aromatic rings. The van der Waals surface area contributed by atoms with Crippen LogP contribution in [-0.2, 0) is 0 Å². The molecule has 1 fully saturated rings. The Bertz CT molecular complexity index is 227. The van der Waals surface area contributed by atoms with E-state index in [1.807, 2.05) is 6.92 Å². The van der Waals surface area contributed by atoms with Crippen LogP contribution in [0.5, 0.6) is 0 Å². The van der Waals surface area contributed by atoms with E-state index >= 15 is 0 Å². The smallest absolute Gasteiger partial charge is 0.0768 e. The van der Waals surface area contributed by atoms with Crippen LogP contribution in [0.2, 0.25) is 0 Å². The highest BCUT2D eigenvalue weighted by atomic mass is 16.3. The van der Waals surface area contributed by atoms with E-state index in [4.69, 9.17) is 0 Å². The van der Waals surface area contributed by atoms with Gasteiger partial charge in [-0.25, -0.2) is 0 Å². The van der Waals surface area contributed by atoms with Crippen LogP contribution in [0.1, 0.15) is 48.0 Å². The first kappa shape index (κ1) is 14.0. The monoisotopic (exact) mass is 227 g/mol. The topological polar surface area (TPSA) is 23.5 Å². The Labute approximate surface area is 101 Å². The van der Waals surface area contributed by atoms with Crippen molar-refractivity contribution in [3.63, 3.8) is 0 Å². The summed E-state index contributed by atoms with van der Waals surface area (Å²) >= 11 is 0. The highest BCUT2D eigenvalue weighted by Crippen LogP contribution is 2.34. The summed E-state index contributed by atoms with van der Waals surface area (Å²) in [5.41, 5.74) is -0.148. The minimum Gasteiger partial charge on any atom is -0.389 e. The van der Waals surface area contributed by atoms with Crippen molar-refractivity contribution in [2.24, 2.45) is 17.3 Å². The van der Waals surface area contributed by atoms with Crippen molar-refractivity contribution >= 4 is 0 Å². The first-order valence-corrected chi connectivity index (χ1v) is 6.57. The third-order valence-corrected chi connectivity index (χ3v) is 4.28. The molecule has 2 unspecified atom stereocenters. The summed E-state index contributed by atoms with van der Waals surface area (Å²) < 4.78 is 0. The number of rotatable bonds is 3. The minimum absolute atomic E-state index is 0.321. The van der Waals surface area contributed by atoms with Crippen LogP contribution in [0.3, 0.4) is 0 Å². The Morgan fingerprint density at radius 2 is 1.81 bits per heavy atom. The van der Waals surface area contributed by atoms with Gasteiger partial charge in [-0.2, -0.15) is 0 Å². The molecule has 2 nitrogen and oxygen atoms in total. The molecule has 1 saturated heterocycles. The summed E-state index contributed by atoms with van der Waals surface area (Å²) in [7, 11) is 0. The number of hydrogen-bond acceptors (Lipinski definition) is 2. The van der Waals surface area contributed by atoms with Gasteiger partial charge in [0.25, 0.3) is 0 Å². The third-order valence-electron chi connectivity index (χ3n) is 4.28. The Kier molecular flexibility index (Phi) is 4.07. The zero-order chi connectivity index (χ0) is 12.6. The summed E-state index contributed by atoms with van der Waals surface area (Å²) in [5.74, 6) is 1.09. The van der Waals surface area contributed by atoms with Gasteiger partial charge >= 0.3 is 0 Å². The van der Waals surface area contributed by atoms with Crippen LogP contribution in [-0.4, -0.2) is 35.2 Å². The van der Waals surface area contributed by atoms with Crippen molar-refractivity contribution in [3.8, 4) is 0 Å². The van der Waals surface area contributed by atoms with E-state index in [1.165, 1.54) is 6.42 Å². The van der Waals surface area contributed by atoms with E-state index < -0.39 is 5.60 Å². The van der Waals surface area contributed by atoms with Crippen LogP contribution < -0.4 is 0 Å². The van der Waals surface area contributed by atoms with Crippen molar-refractivity contribution in [1.82, 2.24) is 4.90 Å². The second kappa shape index (κ2) is 4.66. The van der Waals surface area contributed by atoms with Crippen LogP contribution >= 0.6 is 0 Å². The van der Waals surface area contributed by atoms with Crippen LogP contribution in [0, 0.1) is 17.3 Å². The van der Waals surface area contributed by atoms with Crippen LogP contribution in [0.15, 0.2) is 0 Å². The lowest BCUT2D eigenvalue weighted by atomic mass is 9.80. The van der Waals surface area contributed by atoms with Gasteiger partial charge in [0.15, 0.2) is 0 Å². The molecule has 0 saturated carbocycles. The van der Waals surface area contributed by atoms with Gasteiger partial charge < -0.3 is 10.0 Å². The summed E-state index contributed by atoms with van der Waals surface area (Å²) in [6, 6.07) is 0. The highest BCUT2D eigenvalue weighted by Gasteiger charge is 2.35. The molecule has 0 aromatic carbocycles. The fraction of sp³-hybridized carbons (Fsp3) is 1.00. The molecule has 1 aliphatic heterocycles. The van der Waals surface area contributed by atoms with E-state index in [-0.39, 0.29) is 0 Å². The average molecular weight is 227 g/mol. The Morgan fingerprint density at radius 1 is 1.25 bits per heavy atom. The number of nitrogens with zero attached hydrogens (tertiary/aromatic N) is 1. The van der Waals surface area contributed by atoms with Crippen molar-refractivity contribution in [2.75, 3.05) is 19.6 Å². The average Bonchev–Trinajstić information content (AvgIpc) is 2.50. The lowest BCUT2D eigenvalue weighted by Crippen LogP contribution is -2.44. The normalized spacial score (nSPS) is 27.4. The fourth-order valence-electron chi connectivity index (χ4n) is 2.32. The number of aliphatic hydroxyl groups is 1. The summed E-state index contributed by atoms with van der Waals surface area (Å²) in [4.78, 5) is 2.43. The second-order valence-corrected chi connectivity index (χ2v) is 7.10. The summed E-state index contributed by atoms with van der Waals surface area (Å²) in [6.45, 7) is 16.2. The summed E-state index contributed by atoms with van der Waals surface area (Å²) in [6.07, 6.45) is 1.28. The largest absolute Gasteiger partial charge is 0.389 e. The maximum Gasteiger partial charge on any atom is 0.0768 e. The van der Waals surface area contributed by atoms with E-state index in [0.29, 0.717) is 11.3 Å². The molecule has 96 valence electrons. The molecule has 0 amide bonds. The maximum absolute atomic E-state index is 10.3. The number of β-amino-alcohol motifs (C(OH)–C–C–N with tert-alkyl or cyclic N) is 1. The van der Waals surface area contributed by atoms with E-state index in [9.17, 15) is 5.11 Å². The number of likely N-dealkylation sites (tertiary alicyclic amines) is 1. The predicted molar refractivity (Wildman–Crippen MR) is 69.5 cm³/mol. The van der Waals surface area contributed by atoms with E-state index in [2.05, 4.69) is 39.5 Å².